The maximum absolute atomic E-state index is 8.47. The quantitative estimate of drug-likeness (QED) is 0.348. The van der Waals surface area contributed by atoms with Gasteiger partial charge in [0.1, 0.15) is 4.38 Å². The van der Waals surface area contributed by atoms with Gasteiger partial charge < -0.3 is 9.47 Å². The van der Waals surface area contributed by atoms with Gasteiger partial charge in [-0.15, -0.1) is 11.8 Å². The molecule has 0 aliphatic heterocycles. The number of nitrogens with zero attached hydrogens (tertiary/aromatic N) is 2. The summed E-state index contributed by atoms with van der Waals surface area (Å²) in [5.74, 6) is 2.37. The first-order valence-corrected chi connectivity index (χ1v) is 7.92. The number of para-hydroxylation sites is 2. The largest absolute Gasteiger partial charge is 0.493 e. The summed E-state index contributed by atoms with van der Waals surface area (Å²) in [6, 6.07) is 7.58. The molecule has 0 spiro atoms. The Balaban J connectivity index is 2.28. The lowest BCUT2D eigenvalue weighted by Crippen LogP contribution is -2.01. The molecule has 19 heavy (non-hydrogen) atoms. The van der Waals surface area contributed by atoms with Crippen molar-refractivity contribution in [2.24, 2.45) is 4.99 Å². The fourth-order valence-corrected chi connectivity index (χ4v) is 2.71. The van der Waals surface area contributed by atoms with E-state index in [1.54, 1.807) is 25.1 Å². The molecule has 0 heterocycles. The number of hydrogen-bond acceptors (Lipinski definition) is 6. The van der Waals surface area contributed by atoms with Gasteiger partial charge in [0, 0.05) is 5.75 Å². The molecule has 0 aliphatic rings. The van der Waals surface area contributed by atoms with Crippen molar-refractivity contribution >= 4 is 27.9 Å². The summed E-state index contributed by atoms with van der Waals surface area (Å²) in [5, 5.41) is 8.47. The zero-order chi connectivity index (χ0) is 13.9. The molecule has 0 atom stereocenters. The third-order valence-corrected chi connectivity index (χ3v) is 4.28. The van der Waals surface area contributed by atoms with E-state index in [0.717, 1.165) is 28.0 Å². The smallest absolute Gasteiger partial charge is 0.207 e. The van der Waals surface area contributed by atoms with Crippen molar-refractivity contribution < 1.29 is 9.47 Å². The Morgan fingerprint density at radius 1 is 1.37 bits per heavy atom. The SMILES string of the molecule is COc1ccccc1OCCCSC(=NC#N)SC. The van der Waals surface area contributed by atoms with Crippen LogP contribution in [0.25, 0.3) is 0 Å². The van der Waals surface area contributed by atoms with E-state index in [-0.39, 0.29) is 0 Å². The van der Waals surface area contributed by atoms with Crippen molar-refractivity contribution in [3.8, 4) is 17.7 Å². The zero-order valence-corrected chi connectivity index (χ0v) is 12.6. The van der Waals surface area contributed by atoms with Crippen molar-refractivity contribution in [3.05, 3.63) is 24.3 Å². The Labute approximate surface area is 122 Å². The summed E-state index contributed by atoms with van der Waals surface area (Å²) in [7, 11) is 1.63. The summed E-state index contributed by atoms with van der Waals surface area (Å²) in [6.45, 7) is 0.613. The Hall–Kier alpha value is -1.32. The second-order valence-electron chi connectivity index (χ2n) is 3.38. The van der Waals surface area contributed by atoms with Crippen LogP contribution in [0, 0.1) is 11.5 Å². The van der Waals surface area contributed by atoms with Gasteiger partial charge in [0.2, 0.25) is 6.19 Å². The Morgan fingerprint density at radius 2 is 2.11 bits per heavy atom. The monoisotopic (exact) mass is 296 g/mol. The number of hydrogen-bond donors (Lipinski definition) is 0. The molecule has 0 saturated carbocycles. The molecule has 6 heteroatoms. The van der Waals surface area contributed by atoms with Crippen molar-refractivity contribution in [2.75, 3.05) is 25.7 Å². The lowest BCUT2D eigenvalue weighted by atomic mass is 10.3. The van der Waals surface area contributed by atoms with E-state index in [0.29, 0.717) is 6.61 Å². The molecule has 1 aromatic rings. The summed E-state index contributed by atoms with van der Waals surface area (Å²) in [6.07, 6.45) is 4.59. The molecule has 0 bridgehead atoms. The first-order chi connectivity index (χ1) is 9.31. The number of rotatable bonds is 6. The minimum atomic E-state index is 0.613. The Morgan fingerprint density at radius 3 is 2.74 bits per heavy atom. The highest BCUT2D eigenvalue weighted by molar-refractivity contribution is 8.38. The van der Waals surface area contributed by atoms with Gasteiger partial charge in [0.25, 0.3) is 0 Å². The van der Waals surface area contributed by atoms with E-state index in [4.69, 9.17) is 14.7 Å². The van der Waals surface area contributed by atoms with E-state index in [1.807, 2.05) is 30.5 Å². The van der Waals surface area contributed by atoms with Crippen LogP contribution in [0.3, 0.4) is 0 Å². The summed E-state index contributed by atoms with van der Waals surface area (Å²) in [5.41, 5.74) is 0. The van der Waals surface area contributed by atoms with E-state index in [2.05, 4.69) is 4.99 Å². The van der Waals surface area contributed by atoms with E-state index in [1.165, 1.54) is 11.8 Å². The number of nitriles is 1. The number of ether oxygens (including phenoxy) is 2. The molecule has 4 nitrogen and oxygen atoms in total. The molecule has 0 N–H and O–H groups in total. The summed E-state index contributed by atoms with van der Waals surface area (Å²) >= 11 is 3.06. The number of benzene rings is 1. The second-order valence-corrected chi connectivity index (χ2v) is 5.52. The highest BCUT2D eigenvalue weighted by atomic mass is 32.2. The maximum atomic E-state index is 8.47. The van der Waals surface area contributed by atoms with Crippen LogP contribution >= 0.6 is 23.5 Å². The number of methoxy groups -OCH3 is 1. The fourth-order valence-electron chi connectivity index (χ4n) is 1.32. The van der Waals surface area contributed by atoms with Crippen molar-refractivity contribution in [1.29, 1.82) is 5.26 Å². The summed E-state index contributed by atoms with van der Waals surface area (Å²) < 4.78 is 11.6. The van der Waals surface area contributed by atoms with Crippen LogP contribution in [0.1, 0.15) is 6.42 Å². The van der Waals surface area contributed by atoms with Gasteiger partial charge in [-0.2, -0.15) is 10.3 Å². The standard InChI is InChI=1S/C13H16N2O2S2/c1-16-11-6-3-4-7-12(11)17-8-5-9-19-13(18-2)15-10-14/h3-4,6-7H,5,8-9H2,1-2H3. The molecule has 1 aromatic carbocycles. The van der Waals surface area contributed by atoms with Crippen molar-refractivity contribution in [1.82, 2.24) is 0 Å². The van der Waals surface area contributed by atoms with Gasteiger partial charge in [0.05, 0.1) is 13.7 Å². The molecule has 0 aromatic heterocycles. The number of aliphatic imine (C=N–C) groups is 1. The fraction of sp³-hybridized carbons (Fsp3) is 0.385. The van der Waals surface area contributed by atoms with E-state index < -0.39 is 0 Å². The molecule has 0 unspecified atom stereocenters. The van der Waals surface area contributed by atoms with Crippen molar-refractivity contribution in [2.45, 2.75) is 6.42 Å². The van der Waals surface area contributed by atoms with Crippen LogP contribution in [0.5, 0.6) is 11.5 Å². The molecule has 0 saturated heterocycles. The minimum absolute atomic E-state index is 0.613. The Kier molecular flexibility index (Phi) is 7.94. The van der Waals surface area contributed by atoms with Crippen LogP contribution in [0.15, 0.2) is 29.3 Å². The molecule has 0 aliphatic carbocycles. The van der Waals surface area contributed by atoms with Crippen LogP contribution < -0.4 is 9.47 Å². The lowest BCUT2D eigenvalue weighted by molar-refractivity contribution is 0.295. The average molecular weight is 296 g/mol. The van der Waals surface area contributed by atoms with Crippen LogP contribution in [0.2, 0.25) is 0 Å². The van der Waals surface area contributed by atoms with E-state index >= 15 is 0 Å². The molecular weight excluding hydrogens is 280 g/mol. The minimum Gasteiger partial charge on any atom is -0.493 e. The van der Waals surface area contributed by atoms with Crippen LogP contribution in [-0.4, -0.2) is 30.1 Å². The maximum Gasteiger partial charge on any atom is 0.207 e. The van der Waals surface area contributed by atoms with Gasteiger partial charge in [-0.1, -0.05) is 23.9 Å². The molecule has 0 radical (unpaired) electrons. The van der Waals surface area contributed by atoms with Crippen LogP contribution in [-0.2, 0) is 0 Å². The topological polar surface area (TPSA) is 54.6 Å². The van der Waals surface area contributed by atoms with Gasteiger partial charge in [-0.05, 0) is 24.8 Å². The molecule has 1 rings (SSSR count). The lowest BCUT2D eigenvalue weighted by Gasteiger charge is -2.09. The highest BCUT2D eigenvalue weighted by Gasteiger charge is 2.02. The third-order valence-electron chi connectivity index (χ3n) is 2.16. The molecular formula is C13H16N2O2S2. The summed E-state index contributed by atoms with van der Waals surface area (Å²) in [4.78, 5) is 3.71. The zero-order valence-electron chi connectivity index (χ0n) is 11.0. The van der Waals surface area contributed by atoms with Gasteiger partial charge in [-0.3, -0.25) is 0 Å². The first-order valence-electron chi connectivity index (χ1n) is 5.71. The average Bonchev–Trinajstić information content (AvgIpc) is 2.46. The molecule has 0 amide bonds. The van der Waals surface area contributed by atoms with Crippen molar-refractivity contribution in [3.63, 3.8) is 0 Å². The predicted molar refractivity (Wildman–Crippen MR) is 82.1 cm³/mol. The second kappa shape index (κ2) is 9.59. The predicted octanol–water partition coefficient (Wildman–Crippen LogP) is 3.40. The third kappa shape index (κ3) is 5.90. The number of thioether (sulfide) groups is 2. The highest BCUT2D eigenvalue weighted by Crippen LogP contribution is 2.26. The molecule has 0 fully saturated rings. The Bertz CT molecular complexity index is 458. The van der Waals surface area contributed by atoms with E-state index in [9.17, 15) is 0 Å². The molecule has 102 valence electrons. The van der Waals surface area contributed by atoms with Gasteiger partial charge >= 0.3 is 0 Å². The van der Waals surface area contributed by atoms with Crippen LogP contribution in [0.4, 0.5) is 0 Å². The first kappa shape index (κ1) is 15.7. The van der Waals surface area contributed by atoms with Gasteiger partial charge in [-0.25, -0.2) is 0 Å². The normalized spacial score (nSPS) is 10.9. The van der Waals surface area contributed by atoms with Gasteiger partial charge in [0.15, 0.2) is 11.5 Å².